The van der Waals surface area contributed by atoms with E-state index in [1.165, 1.54) is 13.0 Å². The van der Waals surface area contributed by atoms with E-state index in [-0.39, 0.29) is 5.75 Å². The standard InChI is InChI=1S/C20H27N3O6.C2HF3O2/c1-3-9-23(10-8-13-4-6-14(25)7-5-13)19(26)18-17(22-12(2)24)15(21)11-16(29-18)20(27)28;3-2(4,5)1(6)7/h4-7,11,15,17-18,25H,3,8-10,21H2,1-2H3,(H,22,24)(H,27,28);(H,6,7)/t15-,17+,18+;/m0./s1. The van der Waals surface area contributed by atoms with Crippen LogP contribution in [0.4, 0.5) is 13.2 Å². The Hall–Kier alpha value is -3.81. The molecule has 0 fully saturated rings. The Labute approximate surface area is 204 Å². The van der Waals surface area contributed by atoms with E-state index in [2.05, 4.69) is 5.32 Å². The van der Waals surface area contributed by atoms with Gasteiger partial charge >= 0.3 is 18.1 Å². The number of benzene rings is 1. The number of nitrogens with two attached hydrogens (primary N) is 1. The number of aromatic hydroxyl groups is 1. The van der Waals surface area contributed by atoms with Crippen LogP contribution in [-0.4, -0.2) is 81.4 Å². The highest BCUT2D eigenvalue weighted by molar-refractivity contribution is 5.88. The highest BCUT2D eigenvalue weighted by atomic mass is 19.4. The van der Waals surface area contributed by atoms with Gasteiger partial charge in [0.25, 0.3) is 5.91 Å². The van der Waals surface area contributed by atoms with Gasteiger partial charge in [-0.3, -0.25) is 9.59 Å². The molecule has 0 radical (unpaired) electrons. The van der Waals surface area contributed by atoms with Crippen LogP contribution in [-0.2, 0) is 30.3 Å². The second-order valence-electron chi connectivity index (χ2n) is 7.72. The van der Waals surface area contributed by atoms with E-state index in [0.29, 0.717) is 25.9 Å². The Morgan fingerprint density at radius 3 is 2.11 bits per heavy atom. The summed E-state index contributed by atoms with van der Waals surface area (Å²) in [4.78, 5) is 46.6. The SMILES string of the molecule is CCCN(CCc1ccc(O)cc1)C(=O)[C@@H]1OC(C(=O)O)=C[C@H](N)[C@H]1NC(C)=O.O=C(O)C(F)(F)F. The van der Waals surface area contributed by atoms with Gasteiger partial charge in [0.05, 0.1) is 12.1 Å². The molecule has 3 atom stereocenters. The Morgan fingerprint density at radius 2 is 1.67 bits per heavy atom. The van der Waals surface area contributed by atoms with Gasteiger partial charge in [-0.05, 0) is 36.6 Å². The minimum atomic E-state index is -5.08. The lowest BCUT2D eigenvalue weighted by Gasteiger charge is -2.37. The van der Waals surface area contributed by atoms with E-state index >= 15 is 0 Å². The number of carboxylic acids is 2. The molecule has 0 saturated heterocycles. The maximum atomic E-state index is 13.2. The van der Waals surface area contributed by atoms with Crippen molar-refractivity contribution in [2.75, 3.05) is 13.1 Å². The highest BCUT2D eigenvalue weighted by Gasteiger charge is 2.42. The van der Waals surface area contributed by atoms with Crippen molar-refractivity contribution in [3.63, 3.8) is 0 Å². The number of amides is 2. The molecule has 0 spiro atoms. The van der Waals surface area contributed by atoms with Crippen molar-refractivity contribution in [1.29, 1.82) is 0 Å². The lowest BCUT2D eigenvalue weighted by atomic mass is 9.97. The van der Waals surface area contributed by atoms with Gasteiger partial charge in [-0.2, -0.15) is 13.2 Å². The summed E-state index contributed by atoms with van der Waals surface area (Å²) in [6.45, 7) is 4.01. The van der Waals surface area contributed by atoms with Crippen LogP contribution in [0.2, 0.25) is 0 Å². The molecule has 1 heterocycles. The zero-order chi connectivity index (χ0) is 27.6. The number of carbonyl (C=O) groups excluding carboxylic acids is 2. The minimum absolute atomic E-state index is 0.158. The van der Waals surface area contributed by atoms with Crippen LogP contribution >= 0.6 is 0 Å². The van der Waals surface area contributed by atoms with Crippen LogP contribution in [0.5, 0.6) is 5.75 Å². The molecular formula is C22H28F3N3O8. The molecule has 0 unspecified atom stereocenters. The molecule has 14 heteroatoms. The predicted molar refractivity (Wildman–Crippen MR) is 119 cm³/mol. The fourth-order valence-corrected chi connectivity index (χ4v) is 3.17. The normalized spacial score (nSPS) is 19.1. The average molecular weight is 519 g/mol. The number of nitrogens with one attached hydrogen (secondary N) is 1. The zero-order valence-corrected chi connectivity index (χ0v) is 19.5. The topological polar surface area (TPSA) is 179 Å². The predicted octanol–water partition coefficient (Wildman–Crippen LogP) is 1.01. The molecule has 1 aliphatic rings. The first kappa shape index (κ1) is 30.2. The van der Waals surface area contributed by atoms with E-state index in [0.717, 1.165) is 5.56 Å². The lowest BCUT2D eigenvalue weighted by Crippen LogP contribution is -2.61. The highest BCUT2D eigenvalue weighted by Crippen LogP contribution is 2.21. The Morgan fingerprint density at radius 1 is 1.11 bits per heavy atom. The first-order valence-electron chi connectivity index (χ1n) is 10.7. The molecule has 11 nitrogen and oxygen atoms in total. The maximum Gasteiger partial charge on any atom is 0.490 e. The third kappa shape index (κ3) is 9.44. The van der Waals surface area contributed by atoms with E-state index in [1.807, 2.05) is 6.92 Å². The molecule has 0 aliphatic carbocycles. The van der Waals surface area contributed by atoms with Crippen molar-refractivity contribution in [3.8, 4) is 5.75 Å². The number of ether oxygens (including phenoxy) is 1. The molecule has 0 saturated carbocycles. The number of hydrogen-bond donors (Lipinski definition) is 5. The number of halogens is 3. The molecule has 2 rings (SSSR count). The van der Waals surface area contributed by atoms with Gasteiger partial charge in [0.15, 0.2) is 6.10 Å². The largest absolute Gasteiger partial charge is 0.508 e. The van der Waals surface area contributed by atoms with Crippen LogP contribution in [0.1, 0.15) is 25.8 Å². The fourth-order valence-electron chi connectivity index (χ4n) is 3.17. The first-order chi connectivity index (χ1) is 16.7. The van der Waals surface area contributed by atoms with Crippen LogP contribution in [0.15, 0.2) is 36.1 Å². The smallest absolute Gasteiger partial charge is 0.490 e. The average Bonchev–Trinajstić information content (AvgIpc) is 2.77. The molecule has 0 aromatic heterocycles. The molecule has 0 bridgehead atoms. The molecule has 6 N–H and O–H groups in total. The number of aliphatic carboxylic acids is 2. The van der Waals surface area contributed by atoms with E-state index in [1.54, 1.807) is 29.2 Å². The third-order valence-electron chi connectivity index (χ3n) is 4.82. The van der Waals surface area contributed by atoms with Crippen molar-refractivity contribution in [2.24, 2.45) is 5.73 Å². The molecule has 1 aromatic carbocycles. The summed E-state index contributed by atoms with van der Waals surface area (Å²) in [6, 6.07) is 4.91. The number of phenols is 1. The summed E-state index contributed by atoms with van der Waals surface area (Å²) >= 11 is 0. The van der Waals surface area contributed by atoms with Crippen LogP contribution in [0.3, 0.4) is 0 Å². The first-order valence-corrected chi connectivity index (χ1v) is 10.7. The van der Waals surface area contributed by atoms with Gasteiger partial charge in [-0.25, -0.2) is 9.59 Å². The zero-order valence-electron chi connectivity index (χ0n) is 19.5. The molecule has 1 aromatic rings. The summed E-state index contributed by atoms with van der Waals surface area (Å²) in [5.74, 6) is -5.17. The summed E-state index contributed by atoms with van der Waals surface area (Å²) in [6.07, 6.45) is -3.91. The van der Waals surface area contributed by atoms with Crippen molar-refractivity contribution in [2.45, 2.75) is 51.1 Å². The van der Waals surface area contributed by atoms with Gasteiger partial charge in [0.1, 0.15) is 5.75 Å². The molecule has 36 heavy (non-hydrogen) atoms. The summed E-state index contributed by atoms with van der Waals surface area (Å²) in [5.41, 5.74) is 6.94. The van der Waals surface area contributed by atoms with E-state index in [9.17, 15) is 37.8 Å². The van der Waals surface area contributed by atoms with Crippen molar-refractivity contribution in [1.82, 2.24) is 10.2 Å². The Balaban J connectivity index is 0.000000809. The number of hydrogen-bond acceptors (Lipinski definition) is 7. The number of carboxylic acid groups (broad SMARTS) is 2. The van der Waals surface area contributed by atoms with Crippen LogP contribution in [0.25, 0.3) is 0 Å². The van der Waals surface area contributed by atoms with Crippen molar-refractivity contribution < 1.29 is 52.4 Å². The molecular weight excluding hydrogens is 491 g/mol. The second-order valence-corrected chi connectivity index (χ2v) is 7.72. The number of alkyl halides is 3. The van der Waals surface area contributed by atoms with E-state index in [4.69, 9.17) is 20.4 Å². The Bertz CT molecular complexity index is 966. The Kier molecular flexibility index (Phi) is 11.2. The maximum absolute atomic E-state index is 13.2. The van der Waals surface area contributed by atoms with Gasteiger partial charge in [0, 0.05) is 20.0 Å². The number of carbonyl (C=O) groups is 4. The van der Waals surface area contributed by atoms with Gasteiger partial charge in [0.2, 0.25) is 11.7 Å². The van der Waals surface area contributed by atoms with Crippen LogP contribution < -0.4 is 11.1 Å². The van der Waals surface area contributed by atoms with Crippen molar-refractivity contribution in [3.05, 3.63) is 41.7 Å². The van der Waals surface area contributed by atoms with Gasteiger partial charge in [-0.15, -0.1) is 0 Å². The summed E-state index contributed by atoms with van der Waals surface area (Å²) in [5, 5.41) is 28.4. The monoisotopic (exact) mass is 519 g/mol. The van der Waals surface area contributed by atoms with Crippen molar-refractivity contribution >= 4 is 23.8 Å². The minimum Gasteiger partial charge on any atom is -0.508 e. The van der Waals surface area contributed by atoms with E-state index < -0.39 is 53.9 Å². The second kappa shape index (κ2) is 13.3. The number of rotatable bonds is 8. The molecule has 1 aliphatic heterocycles. The molecule has 2 amide bonds. The third-order valence-corrected chi connectivity index (χ3v) is 4.82. The number of phenolic OH excluding ortho intramolecular Hbond substituents is 1. The quantitative estimate of drug-likeness (QED) is 0.335. The molecule has 200 valence electrons. The fraction of sp³-hybridized carbons (Fsp3) is 0.455. The van der Waals surface area contributed by atoms with Gasteiger partial charge in [-0.1, -0.05) is 19.1 Å². The summed E-state index contributed by atoms with van der Waals surface area (Å²) in [7, 11) is 0. The summed E-state index contributed by atoms with van der Waals surface area (Å²) < 4.78 is 37.2. The van der Waals surface area contributed by atoms with Gasteiger partial charge < -0.3 is 36.0 Å². The number of nitrogens with zero attached hydrogens (tertiary/aromatic N) is 1. The van der Waals surface area contributed by atoms with Crippen LogP contribution in [0, 0.1) is 0 Å². The lowest BCUT2D eigenvalue weighted by molar-refractivity contribution is -0.192.